The van der Waals surface area contributed by atoms with Gasteiger partial charge in [0.25, 0.3) is 5.91 Å². The molecule has 1 unspecified atom stereocenters. The number of carbonyl (C=O) groups is 1. The van der Waals surface area contributed by atoms with E-state index in [1.54, 1.807) is 42.6 Å². The fourth-order valence-corrected chi connectivity index (χ4v) is 3.35. The minimum atomic E-state index is -0.252. The van der Waals surface area contributed by atoms with Gasteiger partial charge in [-0.15, -0.1) is 0 Å². The molecule has 4 N–H and O–H groups in total. The molecule has 7 nitrogen and oxygen atoms in total. The van der Waals surface area contributed by atoms with Crippen LogP contribution in [0.1, 0.15) is 34.8 Å². The third-order valence-corrected chi connectivity index (χ3v) is 5.36. The zero-order valence-corrected chi connectivity index (χ0v) is 19.3. The number of benzene rings is 2. The van der Waals surface area contributed by atoms with E-state index in [-0.39, 0.29) is 5.91 Å². The van der Waals surface area contributed by atoms with E-state index in [1.165, 1.54) is 0 Å². The lowest BCUT2D eigenvalue weighted by Gasteiger charge is -2.17. The summed E-state index contributed by atoms with van der Waals surface area (Å²) in [4.78, 5) is 19.2. The Labute approximate surface area is 195 Å². The summed E-state index contributed by atoms with van der Waals surface area (Å²) in [6.07, 6.45) is 2.83. The van der Waals surface area contributed by atoms with Crippen molar-refractivity contribution in [2.45, 2.75) is 25.9 Å². The summed E-state index contributed by atoms with van der Waals surface area (Å²) in [5, 5.41) is 16.0. The molecule has 1 amide bonds. The molecule has 0 saturated carbocycles. The van der Waals surface area contributed by atoms with Gasteiger partial charge in [-0.2, -0.15) is 5.26 Å². The smallest absolute Gasteiger partial charge is 0.255 e. The number of carbonyl (C=O) groups excluding carboxylic acids is 1. The molecular weight excluding hydrogens is 412 g/mol. The average molecular weight is 443 g/mol. The first-order valence-corrected chi connectivity index (χ1v) is 10.9. The van der Waals surface area contributed by atoms with E-state index in [9.17, 15) is 10.1 Å². The van der Waals surface area contributed by atoms with Crippen molar-refractivity contribution in [2.24, 2.45) is 0 Å². The molecule has 3 aromatic rings. The number of hydrogen-bond donors (Lipinski definition) is 3. The average Bonchev–Trinajstić information content (AvgIpc) is 2.82. The summed E-state index contributed by atoms with van der Waals surface area (Å²) in [5.74, 6) is -0.252. The number of hydrogen-bond acceptors (Lipinski definition) is 6. The SMILES string of the molecule is CC(CCN(C)C)NCc1cnc(-c2ccc(C(=O)Nc3ccccc3N)cc2)c(C#N)c1. The van der Waals surface area contributed by atoms with Crippen LogP contribution in [0.4, 0.5) is 11.4 Å². The van der Waals surface area contributed by atoms with Crippen LogP contribution in [-0.2, 0) is 6.54 Å². The first-order chi connectivity index (χ1) is 15.9. The van der Waals surface area contributed by atoms with Crippen LogP contribution in [0.2, 0.25) is 0 Å². The van der Waals surface area contributed by atoms with Gasteiger partial charge in [0.15, 0.2) is 0 Å². The molecule has 0 radical (unpaired) electrons. The summed E-state index contributed by atoms with van der Waals surface area (Å²) in [5.41, 5.74) is 10.3. The maximum absolute atomic E-state index is 12.5. The molecule has 0 aliphatic carbocycles. The molecule has 0 bridgehead atoms. The highest BCUT2D eigenvalue weighted by Crippen LogP contribution is 2.23. The third kappa shape index (κ3) is 6.62. The van der Waals surface area contributed by atoms with Gasteiger partial charge in [-0.3, -0.25) is 9.78 Å². The molecule has 0 fully saturated rings. The van der Waals surface area contributed by atoms with Crippen LogP contribution in [0.15, 0.2) is 60.8 Å². The van der Waals surface area contributed by atoms with E-state index in [0.717, 1.165) is 24.1 Å². The molecule has 1 aromatic heterocycles. The van der Waals surface area contributed by atoms with Crippen molar-refractivity contribution >= 4 is 17.3 Å². The summed E-state index contributed by atoms with van der Waals surface area (Å²) >= 11 is 0. The Morgan fingerprint density at radius 2 is 1.91 bits per heavy atom. The first-order valence-electron chi connectivity index (χ1n) is 10.9. The number of nitriles is 1. The van der Waals surface area contributed by atoms with E-state index in [1.807, 2.05) is 18.2 Å². The fraction of sp³-hybridized carbons (Fsp3) is 0.269. The molecule has 0 aliphatic heterocycles. The van der Waals surface area contributed by atoms with Gasteiger partial charge >= 0.3 is 0 Å². The number of amides is 1. The molecule has 1 atom stereocenters. The van der Waals surface area contributed by atoms with Gasteiger partial charge < -0.3 is 21.3 Å². The minimum Gasteiger partial charge on any atom is -0.397 e. The van der Waals surface area contributed by atoms with Gasteiger partial charge in [0, 0.05) is 29.9 Å². The Kier molecular flexibility index (Phi) is 8.14. The molecule has 0 spiro atoms. The Hall–Kier alpha value is -3.73. The monoisotopic (exact) mass is 442 g/mol. The number of pyridine rings is 1. The van der Waals surface area contributed by atoms with Gasteiger partial charge in [0.05, 0.1) is 22.6 Å². The first kappa shape index (κ1) is 23.9. The number of nitrogen functional groups attached to an aromatic ring is 1. The largest absolute Gasteiger partial charge is 0.397 e. The lowest BCUT2D eigenvalue weighted by molar-refractivity contribution is 0.102. The summed E-state index contributed by atoms with van der Waals surface area (Å²) in [7, 11) is 4.12. The Balaban J connectivity index is 1.68. The molecule has 7 heteroatoms. The molecular formula is C26H30N6O. The number of aromatic nitrogens is 1. The minimum absolute atomic E-state index is 0.252. The van der Waals surface area contributed by atoms with Crippen molar-refractivity contribution in [3.8, 4) is 17.3 Å². The lowest BCUT2D eigenvalue weighted by Crippen LogP contribution is -2.29. The predicted molar refractivity (Wildman–Crippen MR) is 133 cm³/mol. The second-order valence-electron chi connectivity index (χ2n) is 8.34. The molecule has 33 heavy (non-hydrogen) atoms. The summed E-state index contributed by atoms with van der Waals surface area (Å²) < 4.78 is 0. The normalized spacial score (nSPS) is 11.7. The van der Waals surface area contributed by atoms with Crippen molar-refractivity contribution in [3.63, 3.8) is 0 Å². The molecule has 1 heterocycles. The van der Waals surface area contributed by atoms with Crippen molar-refractivity contribution < 1.29 is 4.79 Å². The van der Waals surface area contributed by atoms with Crippen LogP contribution in [-0.4, -0.2) is 42.5 Å². The molecule has 0 saturated heterocycles. The van der Waals surface area contributed by atoms with Crippen LogP contribution < -0.4 is 16.4 Å². The van der Waals surface area contributed by atoms with E-state index < -0.39 is 0 Å². The van der Waals surface area contributed by atoms with Crippen molar-refractivity contribution in [2.75, 3.05) is 31.7 Å². The van der Waals surface area contributed by atoms with Gasteiger partial charge in [-0.25, -0.2) is 0 Å². The van der Waals surface area contributed by atoms with Crippen LogP contribution >= 0.6 is 0 Å². The topological polar surface area (TPSA) is 107 Å². The summed E-state index contributed by atoms with van der Waals surface area (Å²) in [6, 6.07) is 18.6. The Morgan fingerprint density at radius 1 is 1.18 bits per heavy atom. The maximum Gasteiger partial charge on any atom is 0.255 e. The molecule has 3 rings (SSSR count). The number of anilines is 2. The standard InChI is InChI=1S/C26H30N6O/c1-18(12-13-32(2)3)29-16-19-14-22(15-27)25(30-17-19)20-8-10-21(11-9-20)26(33)31-24-7-5-4-6-23(24)28/h4-11,14,17-18,29H,12-13,16,28H2,1-3H3,(H,31,33). The highest BCUT2D eigenvalue weighted by Gasteiger charge is 2.12. The zero-order chi connectivity index (χ0) is 23.8. The Morgan fingerprint density at radius 3 is 2.58 bits per heavy atom. The van der Waals surface area contributed by atoms with Crippen molar-refractivity contribution in [1.82, 2.24) is 15.2 Å². The fourth-order valence-electron chi connectivity index (χ4n) is 3.35. The van der Waals surface area contributed by atoms with Crippen molar-refractivity contribution in [1.29, 1.82) is 5.26 Å². The zero-order valence-electron chi connectivity index (χ0n) is 19.3. The highest BCUT2D eigenvalue weighted by molar-refractivity contribution is 6.05. The number of nitrogens with two attached hydrogens (primary N) is 1. The molecule has 170 valence electrons. The second kappa shape index (κ2) is 11.2. The number of nitrogens with one attached hydrogen (secondary N) is 2. The maximum atomic E-state index is 12.5. The second-order valence-corrected chi connectivity index (χ2v) is 8.34. The van der Waals surface area contributed by atoms with Crippen LogP contribution in [0.3, 0.4) is 0 Å². The van der Waals surface area contributed by atoms with Crippen LogP contribution in [0.25, 0.3) is 11.3 Å². The van der Waals surface area contributed by atoms with E-state index in [4.69, 9.17) is 5.73 Å². The molecule has 0 aliphatic rings. The van der Waals surface area contributed by atoms with Crippen LogP contribution in [0.5, 0.6) is 0 Å². The van der Waals surface area contributed by atoms with E-state index in [0.29, 0.717) is 40.8 Å². The number of nitrogens with zero attached hydrogens (tertiary/aromatic N) is 3. The lowest BCUT2D eigenvalue weighted by atomic mass is 10.0. The van der Waals surface area contributed by atoms with Crippen LogP contribution in [0, 0.1) is 11.3 Å². The van der Waals surface area contributed by atoms with E-state index >= 15 is 0 Å². The molecule has 2 aromatic carbocycles. The van der Waals surface area contributed by atoms with Crippen molar-refractivity contribution in [3.05, 3.63) is 77.5 Å². The summed E-state index contributed by atoms with van der Waals surface area (Å²) in [6.45, 7) is 3.82. The van der Waals surface area contributed by atoms with E-state index in [2.05, 4.69) is 47.6 Å². The van der Waals surface area contributed by atoms with Gasteiger partial charge in [-0.1, -0.05) is 24.3 Å². The Bertz CT molecular complexity index is 1130. The third-order valence-electron chi connectivity index (χ3n) is 5.36. The van der Waals surface area contributed by atoms with Gasteiger partial charge in [0.1, 0.15) is 6.07 Å². The number of rotatable bonds is 9. The highest BCUT2D eigenvalue weighted by atomic mass is 16.1. The number of para-hydroxylation sites is 2. The quantitative estimate of drug-likeness (QED) is 0.434. The van der Waals surface area contributed by atoms with Gasteiger partial charge in [-0.05, 0) is 69.9 Å². The predicted octanol–water partition coefficient (Wildman–Crippen LogP) is 3.88. The van der Waals surface area contributed by atoms with Gasteiger partial charge in [0.2, 0.25) is 0 Å².